The van der Waals surface area contributed by atoms with Crippen LogP contribution in [0, 0.1) is 26.2 Å². The van der Waals surface area contributed by atoms with E-state index >= 15 is 0 Å². The van der Waals surface area contributed by atoms with Crippen molar-refractivity contribution in [3.8, 4) is 33.9 Å². The fourth-order valence-electron chi connectivity index (χ4n) is 3.79. The van der Waals surface area contributed by atoms with Crippen molar-refractivity contribution in [1.29, 1.82) is 0 Å². The molecule has 3 aromatic heterocycles. The van der Waals surface area contributed by atoms with E-state index in [1.54, 1.807) is 11.3 Å². The lowest BCUT2D eigenvalue weighted by molar-refractivity contribution is 1.61. The SMILES string of the molecule is C#Cc1cc(-c2c(C)sc3ccccc23)c(-c2c(C)sc3ccccc23)s1. The second kappa shape index (κ2) is 6.35. The van der Waals surface area contributed by atoms with Crippen LogP contribution >= 0.6 is 34.0 Å². The summed E-state index contributed by atoms with van der Waals surface area (Å²) in [6, 6.07) is 19.5. The van der Waals surface area contributed by atoms with E-state index in [1.165, 1.54) is 51.5 Å². The van der Waals surface area contributed by atoms with Gasteiger partial charge in [0, 0.05) is 51.5 Å². The van der Waals surface area contributed by atoms with Crippen molar-refractivity contribution in [2.75, 3.05) is 0 Å². The minimum absolute atomic E-state index is 0.990. The van der Waals surface area contributed by atoms with Crippen molar-refractivity contribution in [3.05, 3.63) is 69.2 Å². The monoisotopic (exact) mass is 400 g/mol. The van der Waals surface area contributed by atoms with E-state index in [4.69, 9.17) is 6.42 Å². The molecule has 0 N–H and O–H groups in total. The number of hydrogen-bond donors (Lipinski definition) is 0. The molecule has 0 saturated carbocycles. The predicted molar refractivity (Wildman–Crippen MR) is 123 cm³/mol. The third kappa shape index (κ3) is 2.56. The molecule has 0 saturated heterocycles. The lowest BCUT2D eigenvalue weighted by Gasteiger charge is -2.06. The van der Waals surface area contributed by atoms with Crippen LogP contribution in [0.4, 0.5) is 0 Å². The average molecular weight is 401 g/mol. The highest BCUT2D eigenvalue weighted by Crippen LogP contribution is 2.49. The quantitative estimate of drug-likeness (QED) is 0.262. The Bertz CT molecular complexity index is 1250. The smallest absolute Gasteiger partial charge is 0.0778 e. The molecule has 0 unspecified atom stereocenters. The van der Waals surface area contributed by atoms with Crippen molar-refractivity contribution in [2.24, 2.45) is 0 Å². The van der Waals surface area contributed by atoms with Crippen molar-refractivity contribution < 1.29 is 0 Å². The summed E-state index contributed by atoms with van der Waals surface area (Å²) in [6.45, 7) is 4.44. The van der Waals surface area contributed by atoms with Crippen molar-refractivity contribution in [3.63, 3.8) is 0 Å². The van der Waals surface area contributed by atoms with Crippen LogP contribution in [0.2, 0.25) is 0 Å². The summed E-state index contributed by atoms with van der Waals surface area (Å²) in [5.41, 5.74) is 3.94. The highest BCUT2D eigenvalue weighted by molar-refractivity contribution is 7.21. The van der Waals surface area contributed by atoms with Crippen molar-refractivity contribution in [2.45, 2.75) is 13.8 Å². The van der Waals surface area contributed by atoms with Gasteiger partial charge in [-0.25, -0.2) is 0 Å². The molecule has 0 aliphatic rings. The summed E-state index contributed by atoms with van der Waals surface area (Å²) in [7, 11) is 0. The first-order chi connectivity index (χ1) is 13.2. The summed E-state index contributed by atoms with van der Waals surface area (Å²) < 4.78 is 2.66. The van der Waals surface area contributed by atoms with Crippen LogP contribution in [-0.2, 0) is 0 Å². The molecule has 0 atom stereocenters. The third-order valence-corrected chi connectivity index (χ3v) is 8.17. The zero-order chi connectivity index (χ0) is 18.5. The van der Waals surface area contributed by atoms with Crippen LogP contribution in [-0.4, -0.2) is 0 Å². The zero-order valence-corrected chi connectivity index (χ0v) is 17.4. The summed E-state index contributed by atoms with van der Waals surface area (Å²) in [5.74, 6) is 2.87. The molecule has 0 bridgehead atoms. The van der Waals surface area contributed by atoms with Crippen LogP contribution in [0.5, 0.6) is 0 Å². The maximum absolute atomic E-state index is 5.81. The van der Waals surface area contributed by atoms with Gasteiger partial charge in [0.15, 0.2) is 0 Å². The largest absolute Gasteiger partial charge is 0.140 e. The van der Waals surface area contributed by atoms with Gasteiger partial charge in [-0.2, -0.15) is 0 Å². The Hall–Kier alpha value is -2.38. The minimum Gasteiger partial charge on any atom is -0.140 e. The Morgan fingerprint density at radius 2 is 1.30 bits per heavy atom. The first-order valence-corrected chi connectivity index (χ1v) is 11.2. The van der Waals surface area contributed by atoms with Gasteiger partial charge in [0.2, 0.25) is 0 Å². The predicted octanol–water partition coefficient (Wildman–Crippen LogP) is 8.11. The molecule has 0 nitrogen and oxygen atoms in total. The van der Waals surface area contributed by atoms with Gasteiger partial charge in [0.25, 0.3) is 0 Å². The highest BCUT2D eigenvalue weighted by Gasteiger charge is 2.21. The fraction of sp³-hybridized carbons (Fsp3) is 0.0833. The topological polar surface area (TPSA) is 0 Å². The Balaban J connectivity index is 1.88. The maximum atomic E-state index is 5.81. The molecule has 0 spiro atoms. The van der Waals surface area contributed by atoms with E-state index in [0.29, 0.717) is 0 Å². The molecule has 5 rings (SSSR count). The van der Waals surface area contributed by atoms with Gasteiger partial charge in [-0.05, 0) is 32.0 Å². The summed E-state index contributed by atoms with van der Waals surface area (Å²) >= 11 is 5.46. The van der Waals surface area contributed by atoms with Gasteiger partial charge in [0.05, 0.1) is 4.88 Å². The van der Waals surface area contributed by atoms with Gasteiger partial charge >= 0.3 is 0 Å². The Labute approximate surface area is 170 Å². The highest BCUT2D eigenvalue weighted by atomic mass is 32.1. The average Bonchev–Trinajstić information content (AvgIpc) is 3.32. The molecule has 0 amide bonds. The maximum Gasteiger partial charge on any atom is 0.0778 e. The van der Waals surface area contributed by atoms with Crippen LogP contribution in [0.1, 0.15) is 14.6 Å². The summed E-state index contributed by atoms with van der Waals surface area (Å²) in [4.78, 5) is 4.98. The molecule has 0 fully saturated rings. The van der Waals surface area contributed by atoms with Gasteiger partial charge in [-0.1, -0.05) is 42.3 Å². The number of aryl methyl sites for hydroxylation is 2. The van der Waals surface area contributed by atoms with E-state index in [-0.39, 0.29) is 0 Å². The van der Waals surface area contributed by atoms with Crippen molar-refractivity contribution in [1.82, 2.24) is 0 Å². The van der Waals surface area contributed by atoms with Gasteiger partial charge in [-0.3, -0.25) is 0 Å². The fourth-order valence-corrected chi connectivity index (χ4v) is 7.09. The molecule has 3 heteroatoms. The van der Waals surface area contributed by atoms with E-state index in [9.17, 15) is 0 Å². The molecule has 3 heterocycles. The molecular formula is C24H16S3. The van der Waals surface area contributed by atoms with E-state index in [0.717, 1.165) is 4.88 Å². The number of benzene rings is 2. The lowest BCUT2D eigenvalue weighted by atomic mass is 9.98. The molecule has 0 aliphatic carbocycles. The Kier molecular flexibility index (Phi) is 3.94. The van der Waals surface area contributed by atoms with Crippen LogP contribution < -0.4 is 0 Å². The van der Waals surface area contributed by atoms with Crippen molar-refractivity contribution >= 4 is 54.2 Å². The van der Waals surface area contributed by atoms with E-state index in [2.05, 4.69) is 74.4 Å². The standard InChI is InChI=1S/C24H16S3/c1-4-16-13-19(22-14(2)25-20-11-7-5-9-17(20)22)24(27-16)23-15(3)26-21-12-8-6-10-18(21)23/h1,5-13H,2-3H3. The van der Waals surface area contributed by atoms with E-state index < -0.39 is 0 Å². The van der Waals surface area contributed by atoms with Crippen LogP contribution in [0.25, 0.3) is 41.7 Å². The molecule has 5 aromatic rings. The molecular weight excluding hydrogens is 384 g/mol. The number of rotatable bonds is 2. The number of terminal acetylenes is 1. The first kappa shape index (κ1) is 16.8. The summed E-state index contributed by atoms with van der Waals surface area (Å²) in [5, 5.41) is 2.64. The Morgan fingerprint density at radius 1 is 0.741 bits per heavy atom. The lowest BCUT2D eigenvalue weighted by Crippen LogP contribution is -1.81. The number of hydrogen-bond acceptors (Lipinski definition) is 3. The Morgan fingerprint density at radius 3 is 1.93 bits per heavy atom. The van der Waals surface area contributed by atoms with Crippen LogP contribution in [0.15, 0.2) is 54.6 Å². The first-order valence-electron chi connectivity index (χ1n) is 8.75. The molecule has 0 aliphatic heterocycles. The molecule has 0 radical (unpaired) electrons. The van der Waals surface area contributed by atoms with Gasteiger partial charge < -0.3 is 0 Å². The second-order valence-electron chi connectivity index (χ2n) is 6.56. The molecule has 27 heavy (non-hydrogen) atoms. The van der Waals surface area contributed by atoms with Gasteiger partial charge in [-0.15, -0.1) is 40.4 Å². The second-order valence-corrected chi connectivity index (χ2v) is 10.1. The number of fused-ring (bicyclic) bond motifs is 2. The normalized spacial score (nSPS) is 11.3. The third-order valence-electron chi connectivity index (χ3n) is 4.91. The molecule has 130 valence electrons. The number of thiophene rings is 3. The molecule has 2 aromatic carbocycles. The van der Waals surface area contributed by atoms with E-state index in [1.807, 2.05) is 22.7 Å². The minimum atomic E-state index is 0.990. The summed E-state index contributed by atoms with van der Waals surface area (Å²) in [6.07, 6.45) is 5.81. The van der Waals surface area contributed by atoms with Gasteiger partial charge in [0.1, 0.15) is 0 Å². The van der Waals surface area contributed by atoms with Crippen LogP contribution in [0.3, 0.4) is 0 Å². The zero-order valence-electron chi connectivity index (χ0n) is 15.0.